The van der Waals surface area contributed by atoms with Crippen molar-refractivity contribution in [3.05, 3.63) is 47.5 Å². The fraction of sp³-hybridized carbons (Fsp3) is 0.312. The summed E-state index contributed by atoms with van der Waals surface area (Å²) in [4.78, 5) is 34.5. The fourth-order valence-electron chi connectivity index (χ4n) is 1.96. The number of hydrogen-bond donors (Lipinski definition) is 1. The number of esters is 2. The molecule has 122 valence electrons. The van der Waals surface area contributed by atoms with E-state index in [9.17, 15) is 19.5 Å². The van der Waals surface area contributed by atoms with Gasteiger partial charge in [0.2, 0.25) is 0 Å². The van der Waals surface area contributed by atoms with Crippen molar-refractivity contribution in [1.82, 2.24) is 0 Å². The molecule has 1 aliphatic rings. The first-order chi connectivity index (χ1) is 11.0. The Kier molecular flexibility index (Phi) is 5.48. The Morgan fingerprint density at radius 2 is 2.09 bits per heavy atom. The topological polar surface area (TPSA) is 102 Å². The normalized spacial score (nSPS) is 15.6. The maximum Gasteiger partial charge on any atom is 0.339 e. The van der Waals surface area contributed by atoms with Crippen LogP contribution < -0.4 is 0 Å². The number of rotatable bonds is 8. The molecule has 1 atom stereocenters. The highest BCUT2D eigenvalue weighted by atomic mass is 16.6. The second-order valence-corrected chi connectivity index (χ2v) is 4.82. The zero-order valence-corrected chi connectivity index (χ0v) is 12.3. The van der Waals surface area contributed by atoms with E-state index < -0.39 is 17.9 Å². The minimum Gasteiger partial charge on any atom is -0.478 e. The van der Waals surface area contributed by atoms with Crippen LogP contribution in [0.1, 0.15) is 26.3 Å². The van der Waals surface area contributed by atoms with Gasteiger partial charge in [0.15, 0.2) is 0 Å². The third kappa shape index (κ3) is 4.65. The maximum atomic E-state index is 12.0. The first-order valence-corrected chi connectivity index (χ1v) is 6.96. The van der Waals surface area contributed by atoms with E-state index in [0.29, 0.717) is 12.2 Å². The predicted molar refractivity (Wildman–Crippen MR) is 78.3 cm³/mol. The number of carbonyl (C=O) groups excluding carboxylic acids is 2. The van der Waals surface area contributed by atoms with Crippen LogP contribution in [0.15, 0.2) is 30.9 Å². The van der Waals surface area contributed by atoms with E-state index in [4.69, 9.17) is 14.2 Å². The highest BCUT2D eigenvalue weighted by molar-refractivity contribution is 6.03. The molecule has 2 rings (SSSR count). The Morgan fingerprint density at radius 3 is 2.70 bits per heavy atom. The SMILES string of the molecule is C=CC(=O)OCCc1cccc(C(=O)OCC2CO2)c1C(=O)O. The lowest BCUT2D eigenvalue weighted by Crippen LogP contribution is -2.17. The Labute approximate surface area is 132 Å². The standard InChI is InChI=1S/C16H16O7/c1-2-13(17)21-7-6-10-4-3-5-12(14(10)15(18)19)16(20)23-9-11-8-22-11/h2-5,11H,1,6-9H2,(H,18,19). The summed E-state index contributed by atoms with van der Waals surface area (Å²) in [6, 6.07) is 4.51. The highest BCUT2D eigenvalue weighted by Gasteiger charge is 2.26. The summed E-state index contributed by atoms with van der Waals surface area (Å²) in [6.45, 7) is 3.89. The highest BCUT2D eigenvalue weighted by Crippen LogP contribution is 2.18. The van der Waals surface area contributed by atoms with E-state index in [1.807, 2.05) is 0 Å². The summed E-state index contributed by atoms with van der Waals surface area (Å²) < 4.78 is 14.8. The molecule has 1 saturated heterocycles. The van der Waals surface area contributed by atoms with Gasteiger partial charge >= 0.3 is 17.9 Å². The minimum absolute atomic E-state index is 0.0143. The molecule has 0 aliphatic carbocycles. The molecule has 1 unspecified atom stereocenters. The largest absolute Gasteiger partial charge is 0.478 e. The van der Waals surface area contributed by atoms with Gasteiger partial charge in [0.05, 0.1) is 24.3 Å². The van der Waals surface area contributed by atoms with Crippen LogP contribution in [0.3, 0.4) is 0 Å². The molecule has 1 fully saturated rings. The molecule has 1 aromatic carbocycles. The van der Waals surface area contributed by atoms with E-state index in [0.717, 1.165) is 6.08 Å². The Morgan fingerprint density at radius 1 is 1.35 bits per heavy atom. The summed E-state index contributed by atoms with van der Waals surface area (Å²) in [7, 11) is 0. The predicted octanol–water partition coefficient (Wildman–Crippen LogP) is 1.21. The van der Waals surface area contributed by atoms with E-state index in [-0.39, 0.29) is 36.9 Å². The van der Waals surface area contributed by atoms with Gasteiger partial charge in [0.1, 0.15) is 12.7 Å². The van der Waals surface area contributed by atoms with Crippen molar-refractivity contribution < 1.29 is 33.7 Å². The van der Waals surface area contributed by atoms with Crippen molar-refractivity contribution in [2.24, 2.45) is 0 Å². The van der Waals surface area contributed by atoms with Crippen LogP contribution >= 0.6 is 0 Å². The zero-order chi connectivity index (χ0) is 16.8. The first-order valence-electron chi connectivity index (χ1n) is 6.96. The van der Waals surface area contributed by atoms with Gasteiger partial charge in [0.25, 0.3) is 0 Å². The van der Waals surface area contributed by atoms with E-state index in [2.05, 4.69) is 6.58 Å². The van der Waals surface area contributed by atoms with Gasteiger partial charge in [-0.1, -0.05) is 18.7 Å². The van der Waals surface area contributed by atoms with Crippen molar-refractivity contribution in [1.29, 1.82) is 0 Å². The molecule has 7 heteroatoms. The van der Waals surface area contributed by atoms with Gasteiger partial charge in [-0.15, -0.1) is 0 Å². The Hall–Kier alpha value is -2.67. The van der Waals surface area contributed by atoms with Gasteiger partial charge in [-0.25, -0.2) is 14.4 Å². The molecule has 0 saturated carbocycles. The number of carbonyl (C=O) groups is 3. The molecule has 23 heavy (non-hydrogen) atoms. The monoisotopic (exact) mass is 320 g/mol. The average molecular weight is 320 g/mol. The van der Waals surface area contributed by atoms with Crippen molar-refractivity contribution in [2.45, 2.75) is 12.5 Å². The van der Waals surface area contributed by atoms with Crippen LogP contribution in [0.2, 0.25) is 0 Å². The lowest BCUT2D eigenvalue weighted by molar-refractivity contribution is -0.137. The molecule has 0 bridgehead atoms. The Bertz CT molecular complexity index is 631. The summed E-state index contributed by atoms with van der Waals surface area (Å²) in [5.41, 5.74) is 0.195. The summed E-state index contributed by atoms with van der Waals surface area (Å²) in [5.74, 6) is -2.56. The third-order valence-corrected chi connectivity index (χ3v) is 3.17. The van der Waals surface area contributed by atoms with E-state index in [1.165, 1.54) is 6.07 Å². The molecule has 0 spiro atoms. The van der Waals surface area contributed by atoms with Crippen LogP contribution in [0.4, 0.5) is 0 Å². The van der Waals surface area contributed by atoms with Crippen molar-refractivity contribution in [2.75, 3.05) is 19.8 Å². The first kappa shape index (κ1) is 16.7. The number of epoxide rings is 1. The summed E-state index contributed by atoms with van der Waals surface area (Å²) in [6.07, 6.45) is 1.08. The molecular formula is C16H16O7. The number of benzene rings is 1. The molecule has 0 radical (unpaired) electrons. The van der Waals surface area contributed by atoms with Crippen LogP contribution in [0.25, 0.3) is 0 Å². The minimum atomic E-state index is -1.25. The van der Waals surface area contributed by atoms with Gasteiger partial charge in [-0.3, -0.25) is 0 Å². The number of ether oxygens (including phenoxy) is 3. The zero-order valence-electron chi connectivity index (χ0n) is 12.3. The number of hydrogen-bond acceptors (Lipinski definition) is 6. The van der Waals surface area contributed by atoms with Crippen LogP contribution in [0.5, 0.6) is 0 Å². The van der Waals surface area contributed by atoms with Gasteiger partial charge in [0, 0.05) is 12.5 Å². The lowest BCUT2D eigenvalue weighted by atomic mass is 9.99. The van der Waals surface area contributed by atoms with Crippen LogP contribution in [-0.2, 0) is 25.4 Å². The van der Waals surface area contributed by atoms with Crippen molar-refractivity contribution >= 4 is 17.9 Å². The quantitative estimate of drug-likeness (QED) is 0.436. The molecule has 7 nitrogen and oxygen atoms in total. The molecular weight excluding hydrogens is 304 g/mol. The number of carboxylic acid groups (broad SMARTS) is 1. The third-order valence-electron chi connectivity index (χ3n) is 3.17. The number of aromatic carboxylic acids is 1. The maximum absolute atomic E-state index is 12.0. The van der Waals surface area contributed by atoms with Crippen molar-refractivity contribution in [3.63, 3.8) is 0 Å². The average Bonchev–Trinajstić information content (AvgIpc) is 3.36. The molecule has 1 heterocycles. The second-order valence-electron chi connectivity index (χ2n) is 4.82. The molecule has 1 aliphatic heterocycles. The molecule has 0 aromatic heterocycles. The smallest absolute Gasteiger partial charge is 0.339 e. The van der Waals surface area contributed by atoms with E-state index >= 15 is 0 Å². The second kappa shape index (κ2) is 7.55. The molecule has 1 N–H and O–H groups in total. The fourth-order valence-corrected chi connectivity index (χ4v) is 1.96. The van der Waals surface area contributed by atoms with Gasteiger partial charge in [-0.2, -0.15) is 0 Å². The molecule has 1 aromatic rings. The van der Waals surface area contributed by atoms with E-state index in [1.54, 1.807) is 12.1 Å². The van der Waals surface area contributed by atoms with Crippen LogP contribution in [0, 0.1) is 0 Å². The van der Waals surface area contributed by atoms with Gasteiger partial charge in [-0.05, 0) is 11.6 Å². The van der Waals surface area contributed by atoms with Crippen molar-refractivity contribution in [3.8, 4) is 0 Å². The molecule has 0 amide bonds. The summed E-state index contributed by atoms with van der Waals surface area (Å²) in [5, 5.41) is 9.38. The lowest BCUT2D eigenvalue weighted by Gasteiger charge is -2.11. The van der Waals surface area contributed by atoms with Crippen LogP contribution in [-0.4, -0.2) is 48.9 Å². The van der Waals surface area contributed by atoms with Gasteiger partial charge < -0.3 is 19.3 Å². The Balaban J connectivity index is 2.12. The summed E-state index contributed by atoms with van der Waals surface area (Å²) >= 11 is 0. The number of carboxylic acids is 1.